The predicted octanol–water partition coefficient (Wildman–Crippen LogP) is 5.71. The molecule has 1 heterocycles. The number of aryl methyl sites for hydroxylation is 2. The van der Waals surface area contributed by atoms with Gasteiger partial charge in [0.1, 0.15) is 0 Å². The number of hydrogen-bond acceptors (Lipinski definition) is 3. The number of nitrogens with zero attached hydrogens (tertiary/aromatic N) is 3. The van der Waals surface area contributed by atoms with E-state index in [2.05, 4.69) is 15.6 Å². The molecule has 0 bridgehead atoms. The van der Waals surface area contributed by atoms with Crippen LogP contribution in [-0.2, 0) is 0 Å². The van der Waals surface area contributed by atoms with E-state index >= 15 is 0 Å². The molecule has 0 aliphatic heterocycles. The van der Waals surface area contributed by atoms with Crippen LogP contribution in [0.5, 0.6) is 0 Å². The quantitative estimate of drug-likeness (QED) is 0.336. The van der Waals surface area contributed by atoms with E-state index < -0.39 is 4.92 Å². The van der Waals surface area contributed by atoms with Crippen LogP contribution in [0.1, 0.15) is 22.5 Å². The van der Waals surface area contributed by atoms with Gasteiger partial charge in [-0.05, 0) is 56.7 Å². The molecule has 2 aromatic carbocycles. The maximum Gasteiger partial charge on any atom is 0.269 e. The summed E-state index contributed by atoms with van der Waals surface area (Å²) in [5.41, 5.74) is 5.65. The van der Waals surface area contributed by atoms with Crippen molar-refractivity contribution in [3.63, 3.8) is 0 Å². The van der Waals surface area contributed by atoms with Crippen LogP contribution in [-0.4, -0.2) is 15.7 Å². The van der Waals surface area contributed by atoms with Crippen molar-refractivity contribution in [3.05, 3.63) is 86.2 Å². The van der Waals surface area contributed by atoms with Gasteiger partial charge in [0.2, 0.25) is 0 Å². The van der Waals surface area contributed by atoms with Gasteiger partial charge in [0, 0.05) is 46.0 Å². The average Bonchev–Trinajstić information content (AvgIpc) is 2.87. The third-order valence-corrected chi connectivity index (χ3v) is 4.51. The second-order valence-corrected chi connectivity index (χ2v) is 6.56. The van der Waals surface area contributed by atoms with E-state index in [1.807, 2.05) is 45.0 Å². The van der Waals surface area contributed by atoms with Crippen molar-refractivity contribution in [2.24, 2.45) is 4.99 Å². The van der Waals surface area contributed by atoms with Gasteiger partial charge in [0.05, 0.1) is 10.6 Å². The molecule has 0 aliphatic carbocycles. The van der Waals surface area contributed by atoms with Gasteiger partial charge < -0.3 is 4.57 Å². The highest BCUT2D eigenvalue weighted by Gasteiger charge is 2.11. The first kappa shape index (κ1) is 17.9. The molecule has 0 atom stereocenters. The van der Waals surface area contributed by atoms with Crippen molar-refractivity contribution >= 4 is 29.2 Å². The Morgan fingerprint density at radius 3 is 2.54 bits per heavy atom. The largest absolute Gasteiger partial charge is 0.318 e. The van der Waals surface area contributed by atoms with Crippen molar-refractivity contribution in [1.82, 2.24) is 4.57 Å². The lowest BCUT2D eigenvalue weighted by atomic mass is 10.2. The molecule has 0 saturated carbocycles. The first-order valence-corrected chi connectivity index (χ1v) is 8.48. The van der Waals surface area contributed by atoms with E-state index in [4.69, 9.17) is 11.6 Å². The number of aromatic nitrogens is 1. The number of nitro benzene ring substituents is 1. The fourth-order valence-corrected chi connectivity index (χ4v) is 3.15. The molecule has 0 N–H and O–H groups in total. The van der Waals surface area contributed by atoms with Crippen LogP contribution >= 0.6 is 11.6 Å². The summed E-state index contributed by atoms with van der Waals surface area (Å²) in [7, 11) is 0. The normalized spacial score (nSPS) is 11.2. The summed E-state index contributed by atoms with van der Waals surface area (Å²) in [4.78, 5) is 15.0. The van der Waals surface area contributed by atoms with Crippen molar-refractivity contribution in [2.45, 2.75) is 20.8 Å². The van der Waals surface area contributed by atoms with E-state index in [-0.39, 0.29) is 5.69 Å². The van der Waals surface area contributed by atoms with Crippen LogP contribution in [0.2, 0.25) is 5.02 Å². The Labute approximate surface area is 156 Å². The lowest BCUT2D eigenvalue weighted by Crippen LogP contribution is -1.99. The highest BCUT2D eigenvalue weighted by Crippen LogP contribution is 2.25. The molecular formula is C20H18ClN3O2. The summed E-state index contributed by atoms with van der Waals surface area (Å²) in [6.07, 6.45) is 1.79. The first-order chi connectivity index (χ1) is 12.4. The van der Waals surface area contributed by atoms with E-state index in [0.29, 0.717) is 10.7 Å². The lowest BCUT2D eigenvalue weighted by Gasteiger charge is -2.09. The Bertz CT molecular complexity index is 1020. The average molecular weight is 368 g/mol. The molecule has 26 heavy (non-hydrogen) atoms. The molecule has 0 saturated heterocycles. The molecule has 1 aromatic heterocycles. The molecule has 0 radical (unpaired) electrons. The standard InChI is InChI=1S/C20H18ClN3O2/c1-13-9-19(24(25)26)7-8-20(13)22-12-16-10-14(2)23(15(16)3)18-6-4-5-17(21)11-18/h4-12H,1-3H3. The second-order valence-electron chi connectivity index (χ2n) is 6.13. The summed E-state index contributed by atoms with van der Waals surface area (Å²) in [5.74, 6) is 0. The summed E-state index contributed by atoms with van der Waals surface area (Å²) in [5, 5.41) is 11.5. The minimum Gasteiger partial charge on any atom is -0.318 e. The van der Waals surface area contributed by atoms with Crippen molar-refractivity contribution in [3.8, 4) is 5.69 Å². The zero-order chi connectivity index (χ0) is 18.8. The van der Waals surface area contributed by atoms with Crippen LogP contribution in [0.25, 0.3) is 5.69 Å². The van der Waals surface area contributed by atoms with Crippen molar-refractivity contribution < 1.29 is 4.92 Å². The van der Waals surface area contributed by atoms with Crippen LogP contribution in [0.15, 0.2) is 53.5 Å². The molecule has 3 aromatic rings. The van der Waals surface area contributed by atoms with Gasteiger partial charge in [0.15, 0.2) is 0 Å². The van der Waals surface area contributed by atoms with Gasteiger partial charge in [-0.3, -0.25) is 15.1 Å². The topological polar surface area (TPSA) is 60.4 Å². The van der Waals surface area contributed by atoms with E-state index in [1.54, 1.807) is 12.3 Å². The SMILES string of the molecule is Cc1cc([N+](=O)[O-])ccc1N=Cc1cc(C)n(-c2cccc(Cl)c2)c1C. The molecule has 0 unspecified atom stereocenters. The number of rotatable bonds is 4. The lowest BCUT2D eigenvalue weighted by molar-refractivity contribution is -0.384. The van der Waals surface area contributed by atoms with E-state index in [1.165, 1.54) is 12.1 Å². The number of hydrogen-bond donors (Lipinski definition) is 0. The molecule has 0 amide bonds. The fourth-order valence-electron chi connectivity index (χ4n) is 2.97. The summed E-state index contributed by atoms with van der Waals surface area (Å²) < 4.78 is 2.12. The molecule has 3 rings (SSSR count). The van der Waals surface area contributed by atoms with E-state index in [9.17, 15) is 10.1 Å². The Hall–Kier alpha value is -2.92. The van der Waals surface area contributed by atoms with Crippen LogP contribution in [0.4, 0.5) is 11.4 Å². The smallest absolute Gasteiger partial charge is 0.269 e. The molecule has 0 aliphatic rings. The second kappa shape index (κ2) is 7.14. The maximum absolute atomic E-state index is 10.8. The summed E-state index contributed by atoms with van der Waals surface area (Å²) in [6.45, 7) is 5.87. The molecular weight excluding hydrogens is 350 g/mol. The molecule has 0 spiro atoms. The number of benzene rings is 2. The zero-order valence-corrected chi connectivity index (χ0v) is 15.5. The fraction of sp³-hybridized carbons (Fsp3) is 0.150. The van der Waals surface area contributed by atoms with Gasteiger partial charge in [-0.15, -0.1) is 0 Å². The van der Waals surface area contributed by atoms with Gasteiger partial charge in [0.25, 0.3) is 5.69 Å². The number of halogens is 1. The number of nitro groups is 1. The Morgan fingerprint density at radius 1 is 1.12 bits per heavy atom. The minimum atomic E-state index is -0.404. The first-order valence-electron chi connectivity index (χ1n) is 8.11. The Morgan fingerprint density at radius 2 is 1.88 bits per heavy atom. The van der Waals surface area contributed by atoms with Gasteiger partial charge >= 0.3 is 0 Å². The van der Waals surface area contributed by atoms with Gasteiger partial charge in [-0.1, -0.05) is 17.7 Å². The molecule has 0 fully saturated rings. The predicted molar refractivity (Wildman–Crippen MR) is 105 cm³/mol. The highest BCUT2D eigenvalue weighted by molar-refractivity contribution is 6.30. The monoisotopic (exact) mass is 367 g/mol. The molecule has 5 nitrogen and oxygen atoms in total. The van der Waals surface area contributed by atoms with E-state index in [0.717, 1.165) is 28.2 Å². The highest BCUT2D eigenvalue weighted by atomic mass is 35.5. The zero-order valence-electron chi connectivity index (χ0n) is 14.7. The Balaban J connectivity index is 1.95. The van der Waals surface area contributed by atoms with Crippen molar-refractivity contribution in [2.75, 3.05) is 0 Å². The van der Waals surface area contributed by atoms with Crippen LogP contribution in [0, 0.1) is 30.9 Å². The molecule has 132 valence electrons. The number of aliphatic imine (C=N–C) groups is 1. The Kier molecular flexibility index (Phi) is 4.91. The van der Waals surface area contributed by atoms with Crippen LogP contribution in [0.3, 0.4) is 0 Å². The van der Waals surface area contributed by atoms with Gasteiger partial charge in [-0.25, -0.2) is 0 Å². The maximum atomic E-state index is 10.8. The summed E-state index contributed by atoms with van der Waals surface area (Å²) >= 11 is 6.11. The third kappa shape index (κ3) is 3.53. The van der Waals surface area contributed by atoms with Crippen molar-refractivity contribution in [1.29, 1.82) is 0 Å². The third-order valence-electron chi connectivity index (χ3n) is 4.27. The number of non-ortho nitro benzene ring substituents is 1. The minimum absolute atomic E-state index is 0.0700. The van der Waals surface area contributed by atoms with Crippen LogP contribution < -0.4 is 0 Å². The van der Waals surface area contributed by atoms with Gasteiger partial charge in [-0.2, -0.15) is 0 Å². The summed E-state index contributed by atoms with van der Waals surface area (Å²) in [6, 6.07) is 14.4. The molecule has 6 heteroatoms.